The molecule has 4 N–H and O–H groups in total. The predicted molar refractivity (Wildman–Crippen MR) is 83.9 cm³/mol. The van der Waals surface area contributed by atoms with Gasteiger partial charge in [-0.05, 0) is 25.2 Å². The highest BCUT2D eigenvalue weighted by Crippen LogP contribution is 2.20. The number of carbonyl (C=O) groups excluding carboxylic acids is 3. The molecule has 1 fully saturated rings. The number of nitrogens with one attached hydrogen (secondary N) is 2. The highest BCUT2D eigenvalue weighted by atomic mass is 16.2. The Morgan fingerprint density at radius 2 is 2.00 bits per heavy atom. The highest BCUT2D eigenvalue weighted by Gasteiger charge is 2.37. The molecule has 0 spiro atoms. The van der Waals surface area contributed by atoms with Crippen LogP contribution in [0.5, 0.6) is 0 Å². The van der Waals surface area contributed by atoms with Crippen LogP contribution in [0.4, 0.5) is 0 Å². The van der Waals surface area contributed by atoms with Gasteiger partial charge in [0.15, 0.2) is 0 Å². The molecule has 7 nitrogen and oxygen atoms in total. The van der Waals surface area contributed by atoms with Gasteiger partial charge in [0, 0.05) is 26.6 Å². The molecule has 0 saturated carbocycles. The van der Waals surface area contributed by atoms with Crippen molar-refractivity contribution in [2.24, 2.45) is 11.7 Å². The molecule has 0 radical (unpaired) electrons. The van der Waals surface area contributed by atoms with Crippen LogP contribution in [-0.2, 0) is 14.4 Å². The molecule has 3 amide bonds. The molecule has 1 heterocycles. The fourth-order valence-corrected chi connectivity index (χ4v) is 2.75. The lowest BCUT2D eigenvalue weighted by atomic mass is 10.0. The zero-order chi connectivity index (χ0) is 16.7. The molecule has 0 aliphatic carbocycles. The first-order chi connectivity index (χ1) is 10.4. The number of hydrogen-bond donors (Lipinski definition) is 3. The van der Waals surface area contributed by atoms with Gasteiger partial charge in [-0.25, -0.2) is 0 Å². The van der Waals surface area contributed by atoms with Crippen LogP contribution in [-0.4, -0.2) is 54.3 Å². The van der Waals surface area contributed by atoms with Crippen LogP contribution in [0.2, 0.25) is 0 Å². The smallest absolute Gasteiger partial charge is 0.245 e. The molecule has 0 aromatic carbocycles. The molecular weight excluding hydrogens is 284 g/mol. The number of amides is 3. The summed E-state index contributed by atoms with van der Waals surface area (Å²) in [4.78, 5) is 37.8. The number of rotatable bonds is 7. The second-order valence-electron chi connectivity index (χ2n) is 6.15. The number of hydrogen-bond acceptors (Lipinski definition) is 4. The van der Waals surface area contributed by atoms with Crippen molar-refractivity contribution in [3.05, 3.63) is 0 Å². The van der Waals surface area contributed by atoms with Gasteiger partial charge in [-0.2, -0.15) is 0 Å². The molecule has 0 aromatic rings. The number of nitrogens with two attached hydrogens (primary N) is 1. The lowest BCUT2D eigenvalue weighted by molar-refractivity contribution is -0.141. The van der Waals surface area contributed by atoms with Crippen molar-refractivity contribution in [2.75, 3.05) is 19.6 Å². The van der Waals surface area contributed by atoms with Gasteiger partial charge >= 0.3 is 0 Å². The van der Waals surface area contributed by atoms with Gasteiger partial charge in [0.1, 0.15) is 12.1 Å². The van der Waals surface area contributed by atoms with Crippen LogP contribution in [0.15, 0.2) is 0 Å². The first kappa shape index (κ1) is 18.4. The van der Waals surface area contributed by atoms with E-state index >= 15 is 0 Å². The summed E-state index contributed by atoms with van der Waals surface area (Å²) in [5.41, 5.74) is 5.39. The molecule has 0 bridgehead atoms. The van der Waals surface area contributed by atoms with Crippen LogP contribution >= 0.6 is 0 Å². The molecule has 2 atom stereocenters. The van der Waals surface area contributed by atoms with Gasteiger partial charge in [-0.3, -0.25) is 14.4 Å². The molecule has 126 valence electrons. The third-order valence-electron chi connectivity index (χ3n) is 3.66. The second-order valence-corrected chi connectivity index (χ2v) is 6.15. The summed E-state index contributed by atoms with van der Waals surface area (Å²) in [6.45, 7) is 6.71. The molecule has 1 saturated heterocycles. The fraction of sp³-hybridized carbons (Fsp3) is 0.800. The Morgan fingerprint density at radius 3 is 2.55 bits per heavy atom. The summed E-state index contributed by atoms with van der Waals surface area (Å²) in [6, 6.07) is -1.03. The van der Waals surface area contributed by atoms with Crippen molar-refractivity contribution in [1.29, 1.82) is 0 Å². The Bertz CT molecular complexity index is 412. The van der Waals surface area contributed by atoms with E-state index in [1.165, 1.54) is 6.92 Å². The second kappa shape index (κ2) is 8.73. The number of likely N-dealkylation sites (tertiary alicyclic amines) is 1. The van der Waals surface area contributed by atoms with Gasteiger partial charge in [-0.1, -0.05) is 13.8 Å². The van der Waals surface area contributed by atoms with Gasteiger partial charge in [0.05, 0.1) is 0 Å². The zero-order valence-corrected chi connectivity index (χ0v) is 13.7. The van der Waals surface area contributed by atoms with Crippen LogP contribution in [0.3, 0.4) is 0 Å². The number of carbonyl (C=O) groups is 3. The van der Waals surface area contributed by atoms with Crippen molar-refractivity contribution in [3.8, 4) is 0 Å². The quantitative estimate of drug-likeness (QED) is 0.595. The maximum atomic E-state index is 12.7. The standard InChI is InChI=1S/C15H28N4O3/c1-10(2)9-12(18-11(3)20)15(22)19-8-4-5-13(19)14(21)17-7-6-16/h10,12-13H,4-9,16H2,1-3H3,(H,17,21)(H,18,20). The van der Waals surface area contributed by atoms with Gasteiger partial charge in [0.2, 0.25) is 17.7 Å². The monoisotopic (exact) mass is 312 g/mol. The van der Waals surface area contributed by atoms with E-state index in [4.69, 9.17) is 5.73 Å². The van der Waals surface area contributed by atoms with Crippen LogP contribution in [0, 0.1) is 5.92 Å². The minimum Gasteiger partial charge on any atom is -0.353 e. The molecule has 22 heavy (non-hydrogen) atoms. The van der Waals surface area contributed by atoms with Crippen molar-refractivity contribution >= 4 is 17.7 Å². The Balaban J connectivity index is 2.77. The third-order valence-corrected chi connectivity index (χ3v) is 3.66. The van der Waals surface area contributed by atoms with E-state index in [9.17, 15) is 14.4 Å². The molecule has 2 unspecified atom stereocenters. The predicted octanol–water partition coefficient (Wildman–Crippen LogP) is -0.397. The third kappa shape index (κ3) is 5.29. The van der Waals surface area contributed by atoms with Crippen molar-refractivity contribution in [2.45, 2.75) is 52.1 Å². The van der Waals surface area contributed by atoms with Gasteiger partial charge in [0.25, 0.3) is 0 Å². The lowest BCUT2D eigenvalue weighted by Gasteiger charge is -2.29. The first-order valence-electron chi connectivity index (χ1n) is 7.92. The van der Waals surface area contributed by atoms with Gasteiger partial charge in [-0.15, -0.1) is 0 Å². The normalized spacial score (nSPS) is 19.1. The largest absolute Gasteiger partial charge is 0.353 e. The Hall–Kier alpha value is -1.63. The highest BCUT2D eigenvalue weighted by molar-refractivity contribution is 5.92. The van der Waals surface area contributed by atoms with E-state index in [1.807, 2.05) is 13.8 Å². The van der Waals surface area contributed by atoms with Crippen molar-refractivity contribution in [1.82, 2.24) is 15.5 Å². The molecular formula is C15H28N4O3. The summed E-state index contributed by atoms with van der Waals surface area (Å²) in [7, 11) is 0. The van der Waals surface area contributed by atoms with Crippen LogP contribution in [0.1, 0.15) is 40.0 Å². The average molecular weight is 312 g/mol. The maximum Gasteiger partial charge on any atom is 0.245 e. The van der Waals surface area contributed by atoms with Crippen LogP contribution < -0.4 is 16.4 Å². The average Bonchev–Trinajstić information content (AvgIpc) is 2.91. The fourth-order valence-electron chi connectivity index (χ4n) is 2.75. The minimum absolute atomic E-state index is 0.164. The Kier molecular flexibility index (Phi) is 7.31. The molecule has 0 aromatic heterocycles. The maximum absolute atomic E-state index is 12.7. The molecule has 1 aliphatic heterocycles. The summed E-state index contributed by atoms with van der Waals surface area (Å²) < 4.78 is 0. The molecule has 7 heteroatoms. The van der Waals surface area contributed by atoms with Crippen LogP contribution in [0.25, 0.3) is 0 Å². The van der Waals surface area contributed by atoms with E-state index in [-0.39, 0.29) is 23.6 Å². The zero-order valence-electron chi connectivity index (χ0n) is 13.7. The SMILES string of the molecule is CC(=O)NC(CC(C)C)C(=O)N1CCCC1C(=O)NCCN. The summed E-state index contributed by atoms with van der Waals surface area (Å²) in [6.07, 6.45) is 2.00. The Labute approximate surface area is 132 Å². The lowest BCUT2D eigenvalue weighted by Crippen LogP contribution is -2.53. The minimum atomic E-state index is -0.569. The van der Waals surface area contributed by atoms with E-state index in [1.54, 1.807) is 4.90 Å². The van der Waals surface area contributed by atoms with E-state index < -0.39 is 12.1 Å². The Morgan fingerprint density at radius 1 is 1.32 bits per heavy atom. The van der Waals surface area contributed by atoms with Crippen molar-refractivity contribution in [3.63, 3.8) is 0 Å². The van der Waals surface area contributed by atoms with E-state index in [0.29, 0.717) is 32.5 Å². The topological polar surface area (TPSA) is 105 Å². The summed E-state index contributed by atoms with van der Waals surface area (Å²) >= 11 is 0. The molecule has 1 aliphatic rings. The van der Waals surface area contributed by atoms with Crippen molar-refractivity contribution < 1.29 is 14.4 Å². The number of nitrogens with zero attached hydrogens (tertiary/aromatic N) is 1. The molecule has 1 rings (SSSR count). The summed E-state index contributed by atoms with van der Waals surface area (Å²) in [5, 5.41) is 5.44. The van der Waals surface area contributed by atoms with E-state index in [0.717, 1.165) is 6.42 Å². The van der Waals surface area contributed by atoms with Gasteiger partial charge < -0.3 is 21.3 Å². The van der Waals surface area contributed by atoms with E-state index in [2.05, 4.69) is 10.6 Å². The first-order valence-corrected chi connectivity index (χ1v) is 7.92. The summed E-state index contributed by atoms with van der Waals surface area (Å²) in [5.74, 6) is -0.299.